The first-order chi connectivity index (χ1) is 11.9. The number of aryl methyl sites for hydroxylation is 2. The van der Waals surface area contributed by atoms with Gasteiger partial charge in [0.05, 0.1) is 5.92 Å². The molecule has 0 aliphatic carbocycles. The van der Waals surface area contributed by atoms with Gasteiger partial charge in [0.1, 0.15) is 5.82 Å². The lowest BCUT2D eigenvalue weighted by Gasteiger charge is -2.17. The Morgan fingerprint density at radius 1 is 1.20 bits per heavy atom. The average molecular weight is 340 g/mol. The predicted octanol–water partition coefficient (Wildman–Crippen LogP) is 3.43. The fourth-order valence-electron chi connectivity index (χ4n) is 2.98. The summed E-state index contributed by atoms with van der Waals surface area (Å²) in [5, 5.41) is 2.75. The quantitative estimate of drug-likeness (QED) is 0.927. The summed E-state index contributed by atoms with van der Waals surface area (Å²) in [6, 6.07) is 12.3. The van der Waals surface area contributed by atoms with Gasteiger partial charge in [-0.3, -0.25) is 9.59 Å². The van der Waals surface area contributed by atoms with Crippen LogP contribution in [0.4, 0.5) is 10.1 Å². The van der Waals surface area contributed by atoms with Crippen molar-refractivity contribution in [2.75, 3.05) is 11.9 Å². The second kappa shape index (κ2) is 7.05. The van der Waals surface area contributed by atoms with Gasteiger partial charge in [-0.15, -0.1) is 0 Å². The molecule has 0 radical (unpaired) electrons. The van der Waals surface area contributed by atoms with Crippen LogP contribution in [0.5, 0.6) is 0 Å². The first-order valence-electron chi connectivity index (χ1n) is 8.32. The number of nitrogens with one attached hydrogen (secondary N) is 1. The van der Waals surface area contributed by atoms with Gasteiger partial charge in [0.15, 0.2) is 0 Å². The number of anilines is 1. The predicted molar refractivity (Wildman–Crippen MR) is 94.5 cm³/mol. The van der Waals surface area contributed by atoms with Gasteiger partial charge in [-0.25, -0.2) is 4.39 Å². The van der Waals surface area contributed by atoms with Crippen LogP contribution in [0.25, 0.3) is 0 Å². The van der Waals surface area contributed by atoms with Gasteiger partial charge < -0.3 is 10.2 Å². The molecule has 5 heteroatoms. The molecule has 25 heavy (non-hydrogen) atoms. The number of likely N-dealkylation sites (tertiary alicyclic amines) is 1. The van der Waals surface area contributed by atoms with Gasteiger partial charge in [-0.05, 0) is 37.1 Å². The lowest BCUT2D eigenvalue weighted by Crippen LogP contribution is -2.28. The molecule has 1 aliphatic heterocycles. The lowest BCUT2D eigenvalue weighted by atomic mass is 10.1. The van der Waals surface area contributed by atoms with Gasteiger partial charge in [-0.1, -0.05) is 35.9 Å². The summed E-state index contributed by atoms with van der Waals surface area (Å²) in [5.41, 5.74) is 3.45. The molecule has 1 atom stereocenters. The van der Waals surface area contributed by atoms with Gasteiger partial charge in [0.25, 0.3) is 0 Å². The first kappa shape index (κ1) is 17.1. The van der Waals surface area contributed by atoms with E-state index >= 15 is 0 Å². The molecular weight excluding hydrogens is 319 g/mol. The molecule has 1 heterocycles. The average Bonchev–Trinajstić information content (AvgIpc) is 2.94. The maximum absolute atomic E-state index is 13.4. The molecule has 3 rings (SSSR count). The van der Waals surface area contributed by atoms with E-state index in [-0.39, 0.29) is 18.2 Å². The minimum Gasteiger partial charge on any atom is -0.338 e. The highest BCUT2D eigenvalue weighted by Crippen LogP contribution is 2.23. The molecule has 0 aromatic heterocycles. The molecule has 1 fully saturated rings. The number of benzene rings is 2. The van der Waals surface area contributed by atoms with Crippen LogP contribution >= 0.6 is 0 Å². The van der Waals surface area contributed by atoms with E-state index in [1.165, 1.54) is 17.7 Å². The fourth-order valence-corrected chi connectivity index (χ4v) is 2.98. The van der Waals surface area contributed by atoms with Gasteiger partial charge >= 0.3 is 0 Å². The number of hydrogen-bond acceptors (Lipinski definition) is 2. The van der Waals surface area contributed by atoms with Crippen molar-refractivity contribution in [3.63, 3.8) is 0 Å². The molecule has 1 aliphatic rings. The van der Waals surface area contributed by atoms with E-state index in [0.29, 0.717) is 18.8 Å². The molecular formula is C20H21FN2O2. The Bertz CT molecular complexity index is 802. The van der Waals surface area contributed by atoms with Gasteiger partial charge in [0.2, 0.25) is 11.8 Å². The molecule has 4 nitrogen and oxygen atoms in total. The molecule has 1 N–H and O–H groups in total. The summed E-state index contributed by atoms with van der Waals surface area (Å²) in [7, 11) is 0. The van der Waals surface area contributed by atoms with Crippen LogP contribution < -0.4 is 5.32 Å². The highest BCUT2D eigenvalue weighted by atomic mass is 19.1. The van der Waals surface area contributed by atoms with E-state index in [1.807, 2.05) is 31.2 Å². The van der Waals surface area contributed by atoms with Crippen LogP contribution in [0.15, 0.2) is 42.5 Å². The Labute approximate surface area is 146 Å². The number of rotatable bonds is 4. The Hall–Kier alpha value is -2.69. The Morgan fingerprint density at radius 3 is 2.64 bits per heavy atom. The zero-order chi connectivity index (χ0) is 18.0. The van der Waals surface area contributed by atoms with E-state index in [2.05, 4.69) is 5.32 Å². The zero-order valence-electron chi connectivity index (χ0n) is 14.4. The minimum absolute atomic E-state index is 0.0308. The van der Waals surface area contributed by atoms with E-state index in [1.54, 1.807) is 17.9 Å². The van der Waals surface area contributed by atoms with Crippen molar-refractivity contribution in [3.8, 4) is 0 Å². The third-order valence-electron chi connectivity index (χ3n) is 4.54. The third-order valence-corrected chi connectivity index (χ3v) is 4.54. The van der Waals surface area contributed by atoms with Crippen molar-refractivity contribution in [2.24, 2.45) is 5.92 Å². The minimum atomic E-state index is -0.416. The van der Waals surface area contributed by atoms with Crippen LogP contribution in [0.1, 0.15) is 23.1 Å². The van der Waals surface area contributed by atoms with Crippen molar-refractivity contribution in [3.05, 3.63) is 65.0 Å². The van der Waals surface area contributed by atoms with Crippen LogP contribution in [-0.4, -0.2) is 23.3 Å². The monoisotopic (exact) mass is 340 g/mol. The lowest BCUT2D eigenvalue weighted by molar-refractivity contribution is -0.128. The SMILES string of the molecule is Cc1ccc(CN2C[C@H](C(=O)Nc3cc(F)ccc3C)CC2=O)cc1. The molecule has 1 saturated heterocycles. The summed E-state index contributed by atoms with van der Waals surface area (Å²) < 4.78 is 13.4. The van der Waals surface area contributed by atoms with Crippen LogP contribution in [0, 0.1) is 25.6 Å². The maximum atomic E-state index is 13.4. The molecule has 2 aromatic carbocycles. The molecule has 0 bridgehead atoms. The number of carbonyl (C=O) groups excluding carboxylic acids is 2. The first-order valence-corrected chi connectivity index (χ1v) is 8.32. The van der Waals surface area contributed by atoms with Crippen molar-refractivity contribution in [1.82, 2.24) is 4.90 Å². The van der Waals surface area contributed by atoms with Crippen LogP contribution in [0.2, 0.25) is 0 Å². The Kier molecular flexibility index (Phi) is 4.83. The molecule has 130 valence electrons. The second-order valence-corrected chi connectivity index (χ2v) is 6.61. The standard InChI is InChI=1S/C20H21FN2O2/c1-13-3-6-15(7-4-13)11-23-12-16(9-19(23)24)20(25)22-18-10-17(21)8-5-14(18)2/h3-8,10,16H,9,11-12H2,1-2H3,(H,22,25)/t16-/m1/s1. The van der Waals surface area contributed by atoms with E-state index in [4.69, 9.17) is 0 Å². The number of amides is 2. The number of carbonyl (C=O) groups is 2. The van der Waals surface area contributed by atoms with Crippen molar-refractivity contribution in [1.29, 1.82) is 0 Å². The van der Waals surface area contributed by atoms with Crippen LogP contribution in [0.3, 0.4) is 0 Å². The van der Waals surface area contributed by atoms with Gasteiger partial charge in [0, 0.05) is 25.2 Å². The molecule has 2 aromatic rings. The van der Waals surface area contributed by atoms with Crippen molar-refractivity contribution < 1.29 is 14.0 Å². The summed E-state index contributed by atoms with van der Waals surface area (Å²) >= 11 is 0. The molecule has 0 saturated carbocycles. The summed E-state index contributed by atoms with van der Waals surface area (Å²) in [6.45, 7) is 4.70. The smallest absolute Gasteiger partial charge is 0.229 e. The Morgan fingerprint density at radius 2 is 1.92 bits per heavy atom. The van der Waals surface area contributed by atoms with E-state index in [0.717, 1.165) is 11.1 Å². The largest absolute Gasteiger partial charge is 0.338 e. The fraction of sp³-hybridized carbons (Fsp3) is 0.300. The van der Waals surface area contributed by atoms with Gasteiger partial charge in [-0.2, -0.15) is 0 Å². The third kappa shape index (κ3) is 4.05. The zero-order valence-corrected chi connectivity index (χ0v) is 14.4. The van der Waals surface area contributed by atoms with Crippen molar-refractivity contribution in [2.45, 2.75) is 26.8 Å². The Balaban J connectivity index is 1.64. The number of hydrogen-bond donors (Lipinski definition) is 1. The highest BCUT2D eigenvalue weighted by molar-refractivity contribution is 5.97. The highest BCUT2D eigenvalue weighted by Gasteiger charge is 2.34. The van der Waals surface area contributed by atoms with E-state index < -0.39 is 11.7 Å². The van der Waals surface area contributed by atoms with E-state index in [9.17, 15) is 14.0 Å². The van der Waals surface area contributed by atoms with Crippen molar-refractivity contribution >= 4 is 17.5 Å². The normalized spacial score (nSPS) is 17.0. The number of halogens is 1. The number of nitrogens with zero attached hydrogens (tertiary/aromatic N) is 1. The van der Waals surface area contributed by atoms with Crippen LogP contribution in [-0.2, 0) is 16.1 Å². The summed E-state index contributed by atoms with van der Waals surface area (Å²) in [5.74, 6) is -1.09. The topological polar surface area (TPSA) is 49.4 Å². The summed E-state index contributed by atoms with van der Waals surface area (Å²) in [6.07, 6.45) is 0.187. The molecule has 0 spiro atoms. The maximum Gasteiger partial charge on any atom is 0.229 e. The summed E-state index contributed by atoms with van der Waals surface area (Å²) in [4.78, 5) is 26.4. The molecule has 0 unspecified atom stereocenters. The second-order valence-electron chi connectivity index (χ2n) is 6.61. The molecule has 2 amide bonds.